The van der Waals surface area contributed by atoms with E-state index in [0.29, 0.717) is 18.0 Å². The van der Waals surface area contributed by atoms with Crippen molar-refractivity contribution in [2.24, 2.45) is 5.92 Å². The molecular formula is C14H23NO2. The van der Waals surface area contributed by atoms with Crippen LogP contribution in [-0.2, 0) is 11.3 Å². The number of nitrogens with two attached hydrogens (primary N) is 1. The first kappa shape index (κ1) is 13.8. The first-order valence-electron chi connectivity index (χ1n) is 6.13. The summed E-state index contributed by atoms with van der Waals surface area (Å²) in [5.41, 5.74) is 7.57. The van der Waals surface area contributed by atoms with Gasteiger partial charge in [0.05, 0.1) is 19.4 Å². The molecule has 2 N–H and O–H groups in total. The molecule has 96 valence electrons. The highest BCUT2D eigenvalue weighted by atomic mass is 16.5. The fourth-order valence-corrected chi connectivity index (χ4v) is 1.66. The van der Waals surface area contributed by atoms with E-state index >= 15 is 0 Å². The Bertz CT molecular complexity index is 337. The lowest BCUT2D eigenvalue weighted by Gasteiger charge is -2.08. The maximum Gasteiger partial charge on any atom is 0.141 e. The van der Waals surface area contributed by atoms with Gasteiger partial charge in [0.15, 0.2) is 0 Å². The number of hydrogen-bond acceptors (Lipinski definition) is 3. The zero-order valence-electron chi connectivity index (χ0n) is 11.0. The van der Waals surface area contributed by atoms with Crippen molar-refractivity contribution in [2.45, 2.75) is 33.3 Å². The van der Waals surface area contributed by atoms with Crippen LogP contribution in [0.15, 0.2) is 18.2 Å². The van der Waals surface area contributed by atoms with Crippen molar-refractivity contribution in [1.29, 1.82) is 0 Å². The molecule has 0 aromatic heterocycles. The largest absolute Gasteiger partial charge is 0.495 e. The van der Waals surface area contributed by atoms with Crippen molar-refractivity contribution < 1.29 is 9.47 Å². The molecule has 0 spiro atoms. The minimum Gasteiger partial charge on any atom is -0.495 e. The number of hydrogen-bond donors (Lipinski definition) is 1. The molecule has 0 bridgehead atoms. The predicted octanol–water partition coefficient (Wildman–Crippen LogP) is 3.23. The van der Waals surface area contributed by atoms with Gasteiger partial charge in [-0.1, -0.05) is 19.9 Å². The quantitative estimate of drug-likeness (QED) is 0.585. The highest BCUT2D eigenvalue weighted by Crippen LogP contribution is 2.22. The number of ether oxygens (including phenoxy) is 2. The van der Waals surface area contributed by atoms with Crippen LogP contribution in [-0.4, -0.2) is 13.7 Å². The van der Waals surface area contributed by atoms with Crippen molar-refractivity contribution in [2.75, 3.05) is 19.5 Å². The molecule has 0 unspecified atom stereocenters. The summed E-state index contributed by atoms with van der Waals surface area (Å²) in [6.07, 6.45) is 2.33. The van der Waals surface area contributed by atoms with Crippen molar-refractivity contribution in [1.82, 2.24) is 0 Å². The molecule has 0 heterocycles. The topological polar surface area (TPSA) is 44.5 Å². The van der Waals surface area contributed by atoms with Gasteiger partial charge in [0.1, 0.15) is 5.75 Å². The van der Waals surface area contributed by atoms with Crippen molar-refractivity contribution in [3.8, 4) is 5.75 Å². The van der Waals surface area contributed by atoms with E-state index in [-0.39, 0.29) is 0 Å². The zero-order chi connectivity index (χ0) is 12.7. The van der Waals surface area contributed by atoms with Gasteiger partial charge in [-0.3, -0.25) is 0 Å². The van der Waals surface area contributed by atoms with E-state index in [0.717, 1.165) is 24.5 Å². The fraction of sp³-hybridized carbons (Fsp3) is 0.571. The number of methoxy groups -OCH3 is 1. The van der Waals surface area contributed by atoms with Crippen LogP contribution in [0.1, 0.15) is 32.3 Å². The minimum atomic E-state index is 0.617. The maximum atomic E-state index is 5.82. The Balaban J connectivity index is 2.30. The van der Waals surface area contributed by atoms with Crippen LogP contribution in [0, 0.1) is 5.92 Å². The van der Waals surface area contributed by atoms with Crippen LogP contribution in [0.25, 0.3) is 0 Å². The summed E-state index contributed by atoms with van der Waals surface area (Å²) < 4.78 is 10.7. The summed E-state index contributed by atoms with van der Waals surface area (Å²) in [7, 11) is 1.62. The molecule has 0 aliphatic rings. The number of rotatable bonds is 7. The van der Waals surface area contributed by atoms with Gasteiger partial charge in [0.2, 0.25) is 0 Å². The zero-order valence-corrected chi connectivity index (χ0v) is 11.0. The van der Waals surface area contributed by atoms with Crippen molar-refractivity contribution in [3.63, 3.8) is 0 Å². The average molecular weight is 237 g/mol. The molecular weight excluding hydrogens is 214 g/mol. The number of nitrogen functional groups attached to an aromatic ring is 1. The van der Waals surface area contributed by atoms with Gasteiger partial charge >= 0.3 is 0 Å². The normalized spacial score (nSPS) is 10.8. The second-order valence-corrected chi connectivity index (χ2v) is 4.66. The van der Waals surface area contributed by atoms with E-state index in [4.69, 9.17) is 15.2 Å². The molecule has 0 saturated heterocycles. The first-order chi connectivity index (χ1) is 8.13. The van der Waals surface area contributed by atoms with Gasteiger partial charge in [-0.15, -0.1) is 0 Å². The molecule has 1 aromatic carbocycles. The third kappa shape index (κ3) is 5.09. The van der Waals surface area contributed by atoms with Gasteiger partial charge in [0.25, 0.3) is 0 Å². The number of benzene rings is 1. The third-order valence-electron chi connectivity index (χ3n) is 2.63. The van der Waals surface area contributed by atoms with Gasteiger partial charge in [-0.25, -0.2) is 0 Å². The molecule has 17 heavy (non-hydrogen) atoms. The SMILES string of the molecule is COc1ccc(COCCCC(C)C)cc1N. The Labute approximate surface area is 104 Å². The van der Waals surface area contributed by atoms with E-state index in [1.54, 1.807) is 7.11 Å². The Morgan fingerprint density at radius 2 is 2.06 bits per heavy atom. The molecule has 3 heteroatoms. The Kier molecular flexibility index (Phi) is 5.84. The smallest absolute Gasteiger partial charge is 0.141 e. The Morgan fingerprint density at radius 3 is 2.65 bits per heavy atom. The summed E-state index contributed by atoms with van der Waals surface area (Å²) in [5.74, 6) is 1.46. The van der Waals surface area contributed by atoms with Crippen molar-refractivity contribution in [3.05, 3.63) is 23.8 Å². The summed E-state index contributed by atoms with van der Waals surface area (Å²) >= 11 is 0. The molecule has 1 rings (SSSR count). The van der Waals surface area contributed by atoms with Crippen LogP contribution >= 0.6 is 0 Å². The van der Waals surface area contributed by atoms with E-state index in [9.17, 15) is 0 Å². The van der Waals surface area contributed by atoms with Gasteiger partial charge in [0, 0.05) is 6.61 Å². The second kappa shape index (κ2) is 7.17. The van der Waals surface area contributed by atoms with Gasteiger partial charge in [-0.2, -0.15) is 0 Å². The second-order valence-electron chi connectivity index (χ2n) is 4.66. The lowest BCUT2D eigenvalue weighted by atomic mass is 10.1. The highest BCUT2D eigenvalue weighted by molar-refractivity contribution is 5.54. The molecule has 0 radical (unpaired) electrons. The lowest BCUT2D eigenvalue weighted by molar-refractivity contribution is 0.115. The van der Waals surface area contributed by atoms with E-state index in [2.05, 4.69) is 13.8 Å². The molecule has 0 fully saturated rings. The molecule has 0 aliphatic carbocycles. The molecule has 1 aromatic rings. The highest BCUT2D eigenvalue weighted by Gasteiger charge is 2.01. The lowest BCUT2D eigenvalue weighted by Crippen LogP contribution is -1.99. The fourth-order valence-electron chi connectivity index (χ4n) is 1.66. The molecule has 3 nitrogen and oxygen atoms in total. The standard InChI is InChI=1S/C14H23NO2/c1-11(2)5-4-8-17-10-12-6-7-14(16-3)13(15)9-12/h6-7,9,11H,4-5,8,10,15H2,1-3H3. The van der Waals surface area contributed by atoms with Crippen LogP contribution in [0.4, 0.5) is 5.69 Å². The van der Waals surface area contributed by atoms with E-state index < -0.39 is 0 Å². The summed E-state index contributed by atoms with van der Waals surface area (Å²) in [4.78, 5) is 0. The van der Waals surface area contributed by atoms with E-state index in [1.165, 1.54) is 6.42 Å². The molecule has 0 atom stereocenters. The Hall–Kier alpha value is -1.22. The molecule has 0 amide bonds. The van der Waals surface area contributed by atoms with E-state index in [1.807, 2.05) is 18.2 Å². The average Bonchev–Trinajstić information content (AvgIpc) is 2.28. The maximum absolute atomic E-state index is 5.82. The molecule has 0 aliphatic heterocycles. The Morgan fingerprint density at radius 1 is 1.29 bits per heavy atom. The van der Waals surface area contributed by atoms with Crippen molar-refractivity contribution >= 4 is 5.69 Å². The van der Waals surface area contributed by atoms with Gasteiger partial charge < -0.3 is 15.2 Å². The summed E-state index contributed by atoms with van der Waals surface area (Å²) in [5, 5.41) is 0. The van der Waals surface area contributed by atoms with Crippen LogP contribution in [0.5, 0.6) is 5.75 Å². The predicted molar refractivity (Wildman–Crippen MR) is 71.1 cm³/mol. The third-order valence-corrected chi connectivity index (χ3v) is 2.63. The van der Waals surface area contributed by atoms with Crippen LogP contribution in [0.3, 0.4) is 0 Å². The summed E-state index contributed by atoms with van der Waals surface area (Å²) in [6.45, 7) is 5.88. The summed E-state index contributed by atoms with van der Waals surface area (Å²) in [6, 6.07) is 5.76. The minimum absolute atomic E-state index is 0.617. The number of anilines is 1. The first-order valence-corrected chi connectivity index (χ1v) is 6.13. The van der Waals surface area contributed by atoms with Crippen LogP contribution in [0.2, 0.25) is 0 Å². The van der Waals surface area contributed by atoms with Crippen LogP contribution < -0.4 is 10.5 Å². The molecule has 0 saturated carbocycles. The monoisotopic (exact) mass is 237 g/mol. The van der Waals surface area contributed by atoms with Gasteiger partial charge in [-0.05, 0) is 36.5 Å².